The molecular weight excluding hydrogens is 294 g/mol. The van der Waals surface area contributed by atoms with Crippen LogP contribution in [0.15, 0.2) is 16.6 Å². The number of methoxy groups -OCH3 is 1. The number of hydrogen-bond acceptors (Lipinski definition) is 3. The Kier molecular flexibility index (Phi) is 3.02. The van der Waals surface area contributed by atoms with Gasteiger partial charge in [0.2, 0.25) is 0 Å². The third-order valence-corrected chi connectivity index (χ3v) is 4.40. The Morgan fingerprint density at radius 1 is 1.39 bits per heavy atom. The molecule has 0 bridgehead atoms. The largest absolute Gasteiger partial charge is 0.493 e. The molecule has 0 saturated heterocycles. The first kappa shape index (κ1) is 12.3. The molecule has 0 unspecified atom stereocenters. The summed E-state index contributed by atoms with van der Waals surface area (Å²) in [5, 5.41) is 0. The van der Waals surface area contributed by atoms with Crippen molar-refractivity contribution in [3.8, 4) is 11.5 Å². The fourth-order valence-corrected chi connectivity index (χ4v) is 2.88. The van der Waals surface area contributed by atoms with E-state index in [9.17, 15) is 0 Å². The molecule has 0 radical (unpaired) electrons. The summed E-state index contributed by atoms with van der Waals surface area (Å²) in [6.45, 7) is 0.774. The summed E-state index contributed by atoms with van der Waals surface area (Å²) in [7, 11) is 1.67. The molecule has 0 amide bonds. The van der Waals surface area contributed by atoms with Gasteiger partial charge in [-0.1, -0.05) is 15.9 Å². The topological polar surface area (TPSA) is 44.5 Å². The number of ether oxygens (including phenoxy) is 2. The van der Waals surface area contributed by atoms with E-state index in [1.54, 1.807) is 7.11 Å². The van der Waals surface area contributed by atoms with Crippen molar-refractivity contribution in [3.05, 3.63) is 22.2 Å². The molecule has 0 heterocycles. The summed E-state index contributed by atoms with van der Waals surface area (Å²) >= 11 is 3.59. The van der Waals surface area contributed by atoms with Gasteiger partial charge in [0.25, 0.3) is 0 Å². The second kappa shape index (κ2) is 4.42. The molecule has 2 aliphatic rings. The molecule has 2 saturated carbocycles. The molecule has 4 heteroatoms. The Labute approximate surface area is 116 Å². The van der Waals surface area contributed by atoms with Gasteiger partial charge in [0.1, 0.15) is 0 Å². The molecule has 2 N–H and O–H groups in total. The van der Waals surface area contributed by atoms with E-state index in [4.69, 9.17) is 15.2 Å². The highest BCUT2D eigenvalue weighted by Crippen LogP contribution is 2.52. The van der Waals surface area contributed by atoms with Gasteiger partial charge in [-0.05, 0) is 43.7 Å². The zero-order valence-corrected chi connectivity index (χ0v) is 12.1. The van der Waals surface area contributed by atoms with E-state index in [1.807, 2.05) is 12.1 Å². The van der Waals surface area contributed by atoms with Gasteiger partial charge in [0, 0.05) is 15.6 Å². The van der Waals surface area contributed by atoms with Crippen molar-refractivity contribution in [3.63, 3.8) is 0 Å². The van der Waals surface area contributed by atoms with Crippen molar-refractivity contribution in [1.82, 2.24) is 0 Å². The van der Waals surface area contributed by atoms with Gasteiger partial charge in [-0.15, -0.1) is 0 Å². The molecule has 3 nitrogen and oxygen atoms in total. The second-order valence-corrected chi connectivity index (χ2v) is 6.22. The number of benzene rings is 1. The van der Waals surface area contributed by atoms with Crippen LogP contribution in [0.4, 0.5) is 0 Å². The van der Waals surface area contributed by atoms with Crippen LogP contribution in [0.5, 0.6) is 11.5 Å². The lowest BCUT2D eigenvalue weighted by Crippen LogP contribution is -2.21. The van der Waals surface area contributed by atoms with E-state index >= 15 is 0 Å². The van der Waals surface area contributed by atoms with E-state index in [-0.39, 0.29) is 5.54 Å². The van der Waals surface area contributed by atoms with E-state index in [0.717, 1.165) is 46.9 Å². The lowest BCUT2D eigenvalue weighted by atomic mass is 10.0. The highest BCUT2D eigenvalue weighted by atomic mass is 79.9. The average Bonchev–Trinajstić information content (AvgIpc) is 3.24. The van der Waals surface area contributed by atoms with Crippen molar-refractivity contribution in [2.24, 2.45) is 11.7 Å². The molecule has 18 heavy (non-hydrogen) atoms. The quantitative estimate of drug-likeness (QED) is 0.908. The van der Waals surface area contributed by atoms with Crippen molar-refractivity contribution < 1.29 is 9.47 Å². The van der Waals surface area contributed by atoms with E-state index in [0.29, 0.717) is 0 Å². The van der Waals surface area contributed by atoms with E-state index < -0.39 is 0 Å². The normalized spacial score (nSPS) is 20.6. The molecule has 1 aromatic rings. The fourth-order valence-electron chi connectivity index (χ4n) is 2.18. The first-order chi connectivity index (χ1) is 8.64. The van der Waals surface area contributed by atoms with Gasteiger partial charge in [0.05, 0.1) is 13.7 Å². The minimum Gasteiger partial charge on any atom is -0.493 e. The van der Waals surface area contributed by atoms with E-state index in [2.05, 4.69) is 15.9 Å². The Bertz CT molecular complexity index is 467. The third-order valence-electron chi connectivity index (χ3n) is 3.74. The Morgan fingerprint density at radius 3 is 2.67 bits per heavy atom. The predicted octanol–water partition coefficient (Wildman–Crippen LogP) is 3.19. The smallest absolute Gasteiger partial charge is 0.167 e. The van der Waals surface area contributed by atoms with Crippen LogP contribution in [-0.2, 0) is 5.54 Å². The third kappa shape index (κ3) is 2.24. The summed E-state index contributed by atoms with van der Waals surface area (Å²) in [6.07, 6.45) is 4.58. The summed E-state index contributed by atoms with van der Waals surface area (Å²) in [5.41, 5.74) is 7.19. The van der Waals surface area contributed by atoms with Crippen molar-refractivity contribution in [1.29, 1.82) is 0 Å². The van der Waals surface area contributed by atoms with E-state index in [1.165, 1.54) is 12.8 Å². The molecule has 2 fully saturated rings. The van der Waals surface area contributed by atoms with Gasteiger partial charge < -0.3 is 15.2 Å². The standard InChI is InChI=1S/C14H18BrNO2/c1-17-11-5-4-10(15)12(14(16)6-7-14)13(11)18-8-9-2-3-9/h4-5,9H,2-3,6-8,16H2,1H3. The zero-order chi connectivity index (χ0) is 12.8. The van der Waals surface area contributed by atoms with Gasteiger partial charge in [0.15, 0.2) is 11.5 Å². The van der Waals surface area contributed by atoms with Crippen LogP contribution in [0.3, 0.4) is 0 Å². The molecule has 2 aliphatic carbocycles. The van der Waals surface area contributed by atoms with Crippen LogP contribution in [0.2, 0.25) is 0 Å². The van der Waals surface area contributed by atoms with Gasteiger partial charge in [-0.3, -0.25) is 0 Å². The number of nitrogens with two attached hydrogens (primary N) is 1. The number of hydrogen-bond donors (Lipinski definition) is 1. The summed E-state index contributed by atoms with van der Waals surface area (Å²) < 4.78 is 12.4. The highest BCUT2D eigenvalue weighted by molar-refractivity contribution is 9.10. The molecule has 0 aliphatic heterocycles. The molecule has 0 atom stereocenters. The Morgan fingerprint density at radius 2 is 2.11 bits per heavy atom. The lowest BCUT2D eigenvalue weighted by Gasteiger charge is -2.20. The molecule has 0 spiro atoms. The minimum absolute atomic E-state index is 0.230. The predicted molar refractivity (Wildman–Crippen MR) is 74.0 cm³/mol. The first-order valence-corrected chi connectivity index (χ1v) is 7.22. The monoisotopic (exact) mass is 311 g/mol. The van der Waals surface area contributed by atoms with Gasteiger partial charge in [-0.2, -0.15) is 0 Å². The number of halogens is 1. The fraction of sp³-hybridized carbons (Fsp3) is 0.571. The molecule has 0 aromatic heterocycles. The number of rotatable bonds is 5. The summed E-state index contributed by atoms with van der Waals surface area (Å²) in [4.78, 5) is 0. The average molecular weight is 312 g/mol. The van der Waals surface area contributed by atoms with Crippen molar-refractivity contribution in [2.45, 2.75) is 31.2 Å². The minimum atomic E-state index is -0.230. The molecule has 1 aromatic carbocycles. The molecular formula is C14H18BrNO2. The highest BCUT2D eigenvalue weighted by Gasteiger charge is 2.44. The van der Waals surface area contributed by atoms with Crippen molar-refractivity contribution >= 4 is 15.9 Å². The maximum atomic E-state index is 6.35. The van der Waals surface area contributed by atoms with Crippen LogP contribution < -0.4 is 15.2 Å². The van der Waals surface area contributed by atoms with Crippen LogP contribution in [0, 0.1) is 5.92 Å². The maximum Gasteiger partial charge on any atom is 0.167 e. The Hall–Kier alpha value is -0.740. The van der Waals surface area contributed by atoms with Crippen molar-refractivity contribution in [2.75, 3.05) is 13.7 Å². The van der Waals surface area contributed by atoms with Gasteiger partial charge >= 0.3 is 0 Å². The lowest BCUT2D eigenvalue weighted by molar-refractivity contribution is 0.275. The first-order valence-electron chi connectivity index (χ1n) is 6.43. The van der Waals surface area contributed by atoms with Crippen LogP contribution >= 0.6 is 15.9 Å². The molecule has 3 rings (SSSR count). The molecule has 98 valence electrons. The van der Waals surface area contributed by atoms with Crippen LogP contribution in [0.1, 0.15) is 31.2 Å². The van der Waals surface area contributed by atoms with Crippen LogP contribution in [0.25, 0.3) is 0 Å². The summed E-state index contributed by atoms with van der Waals surface area (Å²) in [6, 6.07) is 3.92. The van der Waals surface area contributed by atoms with Crippen LogP contribution in [-0.4, -0.2) is 13.7 Å². The summed E-state index contributed by atoms with van der Waals surface area (Å²) in [5.74, 6) is 2.33. The zero-order valence-electron chi connectivity index (χ0n) is 10.5. The maximum absolute atomic E-state index is 6.35. The second-order valence-electron chi connectivity index (χ2n) is 5.36. The Balaban J connectivity index is 1.96. The SMILES string of the molecule is COc1ccc(Br)c(C2(N)CC2)c1OCC1CC1. The van der Waals surface area contributed by atoms with Gasteiger partial charge in [-0.25, -0.2) is 0 Å².